The number of hydrogen-bond acceptors (Lipinski definition) is 4. The van der Waals surface area contributed by atoms with Gasteiger partial charge in [-0.15, -0.1) is 0 Å². The van der Waals surface area contributed by atoms with Crippen molar-refractivity contribution in [1.82, 2.24) is 19.5 Å². The number of hydrogen-bond donors (Lipinski definition) is 0. The van der Waals surface area contributed by atoms with Crippen LogP contribution in [0.5, 0.6) is 0 Å². The Morgan fingerprint density at radius 1 is 0.974 bits per heavy atom. The lowest BCUT2D eigenvalue weighted by Crippen LogP contribution is -2.39. The molecule has 4 heterocycles. The Hall–Kier alpha value is -3.74. The van der Waals surface area contributed by atoms with Crippen LogP contribution in [-0.2, 0) is 6.42 Å². The molecule has 1 amide bonds. The van der Waals surface area contributed by atoms with Gasteiger partial charge in [-0.05, 0) is 80.8 Å². The van der Waals surface area contributed by atoms with Crippen LogP contribution in [-0.4, -0.2) is 45.0 Å². The number of carbonyl (C=O) groups is 1. The first-order chi connectivity index (χ1) is 18.6. The highest BCUT2D eigenvalue weighted by atomic mass is 19.1. The van der Waals surface area contributed by atoms with Crippen LogP contribution in [0.1, 0.15) is 78.3 Å². The van der Waals surface area contributed by atoms with E-state index in [1.807, 2.05) is 39.7 Å². The first-order valence-electron chi connectivity index (χ1n) is 13.9. The van der Waals surface area contributed by atoms with Crippen molar-refractivity contribution in [3.05, 3.63) is 82.9 Å². The molecule has 0 N–H and O–H groups in total. The van der Waals surface area contributed by atoms with Crippen molar-refractivity contribution in [2.45, 2.75) is 57.4 Å². The normalized spacial score (nSPS) is 19.6. The van der Waals surface area contributed by atoms with Crippen LogP contribution >= 0.6 is 0 Å². The Morgan fingerprint density at radius 2 is 1.79 bits per heavy atom. The van der Waals surface area contributed by atoms with Crippen LogP contribution < -0.4 is 4.90 Å². The molecular formula is C31H32FN5O. The van der Waals surface area contributed by atoms with Gasteiger partial charge in [-0.1, -0.05) is 24.3 Å². The maximum absolute atomic E-state index is 15.3. The Balaban J connectivity index is 1.23. The van der Waals surface area contributed by atoms with E-state index >= 15 is 4.39 Å². The molecule has 2 aromatic heterocycles. The van der Waals surface area contributed by atoms with Crippen molar-refractivity contribution in [1.29, 1.82) is 0 Å². The zero-order chi connectivity index (χ0) is 25.8. The van der Waals surface area contributed by atoms with E-state index in [-0.39, 0.29) is 17.8 Å². The van der Waals surface area contributed by atoms with E-state index in [4.69, 9.17) is 10.1 Å². The molecule has 0 radical (unpaired) electrons. The molecular weight excluding hydrogens is 477 g/mol. The number of benzene rings is 2. The minimum atomic E-state index is -0.276. The van der Waals surface area contributed by atoms with Crippen molar-refractivity contribution in [2.24, 2.45) is 0 Å². The number of piperidine rings is 1. The van der Waals surface area contributed by atoms with Crippen LogP contribution in [0.4, 0.5) is 10.1 Å². The second-order valence-corrected chi connectivity index (χ2v) is 11.0. The molecule has 4 aromatic rings. The summed E-state index contributed by atoms with van der Waals surface area (Å²) < 4.78 is 17.2. The molecule has 2 aliphatic heterocycles. The fraction of sp³-hybridized carbons (Fsp3) is 0.387. The van der Waals surface area contributed by atoms with Gasteiger partial charge >= 0.3 is 0 Å². The molecule has 2 aromatic carbocycles. The van der Waals surface area contributed by atoms with Crippen LogP contribution in [0, 0.1) is 5.82 Å². The zero-order valence-electron chi connectivity index (χ0n) is 21.7. The molecule has 6 nitrogen and oxygen atoms in total. The lowest BCUT2D eigenvalue weighted by Gasteiger charge is -2.35. The predicted molar refractivity (Wildman–Crippen MR) is 146 cm³/mol. The lowest BCUT2D eigenvalue weighted by atomic mass is 9.93. The Bertz CT molecular complexity index is 1530. The maximum Gasteiger partial charge on any atom is 0.273 e. The average molecular weight is 510 g/mol. The third-order valence-corrected chi connectivity index (χ3v) is 8.47. The van der Waals surface area contributed by atoms with Crippen molar-refractivity contribution in [3.8, 4) is 11.3 Å². The highest BCUT2D eigenvalue weighted by Gasteiger charge is 2.32. The van der Waals surface area contributed by atoms with Crippen molar-refractivity contribution >= 4 is 17.2 Å². The van der Waals surface area contributed by atoms with E-state index in [1.54, 1.807) is 6.07 Å². The average Bonchev–Trinajstić information content (AvgIpc) is 3.71. The molecule has 2 fully saturated rings. The topological polar surface area (TPSA) is 53.7 Å². The monoisotopic (exact) mass is 509 g/mol. The minimum Gasteiger partial charge on any atom is -0.371 e. The number of halogens is 1. The number of aromatic nitrogens is 3. The standard InChI is InChI=1S/C31H32FN5O/c1-20-24-8-4-3-7-21(24)13-16-36(20)31(38)28-18-29(22-9-10-22)37-30(33-28)19-27(34-37)25-12-11-23(17-26(25)32)35-14-5-2-6-15-35/h3-4,7-8,11-12,17-20,22H,2,5-6,9-10,13-16H2,1H3/t20-/m1/s1. The molecule has 1 saturated heterocycles. The second-order valence-electron chi connectivity index (χ2n) is 11.0. The van der Waals surface area contributed by atoms with E-state index in [0.29, 0.717) is 35.1 Å². The van der Waals surface area contributed by atoms with Crippen LogP contribution in [0.2, 0.25) is 0 Å². The number of rotatable bonds is 4. The van der Waals surface area contributed by atoms with Crippen LogP contribution in [0.25, 0.3) is 16.9 Å². The fourth-order valence-corrected chi connectivity index (χ4v) is 6.17. The summed E-state index contributed by atoms with van der Waals surface area (Å²) in [6.45, 7) is 4.70. The Kier molecular flexibility index (Phi) is 5.68. The molecule has 194 valence electrons. The largest absolute Gasteiger partial charge is 0.371 e. The smallest absolute Gasteiger partial charge is 0.273 e. The van der Waals surface area contributed by atoms with Gasteiger partial charge in [0.15, 0.2) is 5.65 Å². The minimum absolute atomic E-state index is 0.0113. The predicted octanol–water partition coefficient (Wildman–Crippen LogP) is 6.16. The summed E-state index contributed by atoms with van der Waals surface area (Å²) in [5.74, 6) is 0.0170. The molecule has 0 spiro atoms. The molecule has 1 aliphatic carbocycles. The van der Waals surface area contributed by atoms with Gasteiger partial charge in [-0.3, -0.25) is 4.79 Å². The van der Waals surface area contributed by atoms with E-state index in [0.717, 1.165) is 56.6 Å². The number of amides is 1. The third-order valence-electron chi connectivity index (χ3n) is 8.47. The van der Waals surface area contributed by atoms with Crippen LogP contribution in [0.3, 0.4) is 0 Å². The summed E-state index contributed by atoms with van der Waals surface area (Å²) >= 11 is 0. The quantitative estimate of drug-likeness (QED) is 0.331. The number of nitrogens with zero attached hydrogens (tertiary/aromatic N) is 5. The second kappa shape index (κ2) is 9.22. The van der Waals surface area contributed by atoms with E-state index in [2.05, 4.69) is 30.0 Å². The van der Waals surface area contributed by atoms with Gasteiger partial charge in [0, 0.05) is 48.6 Å². The van der Waals surface area contributed by atoms with Gasteiger partial charge < -0.3 is 9.80 Å². The summed E-state index contributed by atoms with van der Waals surface area (Å²) in [6, 6.07) is 17.5. The molecule has 1 saturated carbocycles. The van der Waals surface area contributed by atoms with Crippen molar-refractivity contribution in [2.75, 3.05) is 24.5 Å². The number of fused-ring (bicyclic) bond motifs is 2. The summed E-state index contributed by atoms with van der Waals surface area (Å²) in [5, 5.41) is 4.78. The van der Waals surface area contributed by atoms with Gasteiger partial charge in [0.2, 0.25) is 0 Å². The van der Waals surface area contributed by atoms with Gasteiger partial charge in [-0.25, -0.2) is 13.9 Å². The first-order valence-corrected chi connectivity index (χ1v) is 13.9. The lowest BCUT2D eigenvalue weighted by molar-refractivity contribution is 0.0671. The molecule has 0 unspecified atom stereocenters. The molecule has 3 aliphatic rings. The maximum atomic E-state index is 15.3. The molecule has 38 heavy (non-hydrogen) atoms. The summed E-state index contributed by atoms with van der Waals surface area (Å²) in [5.41, 5.74) is 6.47. The van der Waals surface area contributed by atoms with Crippen molar-refractivity contribution in [3.63, 3.8) is 0 Å². The van der Waals surface area contributed by atoms with Crippen molar-refractivity contribution < 1.29 is 9.18 Å². The molecule has 7 rings (SSSR count). The summed E-state index contributed by atoms with van der Waals surface area (Å²) in [4.78, 5) is 22.7. The molecule has 7 heteroatoms. The van der Waals surface area contributed by atoms with Crippen LogP contribution in [0.15, 0.2) is 54.6 Å². The van der Waals surface area contributed by atoms with Gasteiger partial charge in [0.25, 0.3) is 5.91 Å². The highest BCUT2D eigenvalue weighted by molar-refractivity contribution is 5.93. The SMILES string of the molecule is C[C@@H]1c2ccccc2CCN1C(=O)c1cc(C2CC2)n2nc(-c3ccc(N4CCCCC4)cc3F)cc2n1. The molecule has 1 atom stereocenters. The third kappa shape index (κ3) is 4.05. The highest BCUT2D eigenvalue weighted by Crippen LogP contribution is 2.41. The van der Waals surface area contributed by atoms with E-state index in [9.17, 15) is 4.79 Å². The molecule has 0 bridgehead atoms. The first kappa shape index (κ1) is 23.4. The summed E-state index contributed by atoms with van der Waals surface area (Å²) in [7, 11) is 0. The van der Waals surface area contributed by atoms with Gasteiger partial charge in [-0.2, -0.15) is 5.10 Å². The zero-order valence-corrected chi connectivity index (χ0v) is 21.7. The summed E-state index contributed by atoms with van der Waals surface area (Å²) in [6.07, 6.45) is 6.50. The van der Waals surface area contributed by atoms with Gasteiger partial charge in [0.1, 0.15) is 11.5 Å². The Morgan fingerprint density at radius 3 is 2.58 bits per heavy atom. The van der Waals surface area contributed by atoms with Gasteiger partial charge in [0.05, 0.1) is 11.7 Å². The number of anilines is 1. The Labute approximate surface area is 222 Å². The van der Waals surface area contributed by atoms with E-state index < -0.39 is 0 Å². The fourth-order valence-electron chi connectivity index (χ4n) is 6.17. The number of carbonyl (C=O) groups excluding carboxylic acids is 1. The van der Waals surface area contributed by atoms with E-state index in [1.165, 1.54) is 17.5 Å².